The maximum Gasteiger partial charge on any atom is 0.200 e. The Hall–Kier alpha value is 0.1000. The van der Waals surface area contributed by atoms with Crippen LogP contribution in [0.25, 0.3) is 0 Å². The minimum atomic E-state index is 0.726. The Kier molecular flexibility index (Phi) is 1.67. The van der Waals surface area contributed by atoms with E-state index in [0.717, 1.165) is 9.47 Å². The highest BCUT2D eigenvalue weighted by atomic mass is 79.9. The molecule has 0 bridgehead atoms. The molecule has 0 unspecified atom stereocenters. The summed E-state index contributed by atoms with van der Waals surface area (Å²) < 4.78 is 3.23. The van der Waals surface area contributed by atoms with Crippen LogP contribution in [0.4, 0.5) is 0 Å². The molecule has 0 saturated heterocycles. The molecule has 0 spiro atoms. The summed E-state index contributed by atoms with van der Waals surface area (Å²) in [7, 11) is 1.86. The van der Waals surface area contributed by atoms with Gasteiger partial charge < -0.3 is 0 Å². The SMILES string of the molecule is Cn1c(Br)nnc1Br. The second kappa shape index (κ2) is 2.14. The van der Waals surface area contributed by atoms with Gasteiger partial charge in [0.15, 0.2) is 0 Å². The molecule has 1 aromatic rings. The van der Waals surface area contributed by atoms with Crippen molar-refractivity contribution in [3.05, 3.63) is 9.47 Å². The fourth-order valence-electron chi connectivity index (χ4n) is 0.293. The molecule has 1 aromatic heterocycles. The number of hydrogen-bond acceptors (Lipinski definition) is 2. The lowest BCUT2D eigenvalue weighted by molar-refractivity contribution is 0.856. The van der Waals surface area contributed by atoms with E-state index in [9.17, 15) is 0 Å². The fourth-order valence-corrected chi connectivity index (χ4v) is 1.03. The van der Waals surface area contributed by atoms with E-state index >= 15 is 0 Å². The third kappa shape index (κ3) is 0.925. The molecule has 0 saturated carbocycles. The first-order valence-electron chi connectivity index (χ1n) is 1.92. The number of rotatable bonds is 0. The Balaban J connectivity index is 3.19. The quantitative estimate of drug-likeness (QED) is 0.686. The van der Waals surface area contributed by atoms with Gasteiger partial charge >= 0.3 is 0 Å². The van der Waals surface area contributed by atoms with Crippen LogP contribution in [-0.2, 0) is 7.05 Å². The third-order valence-corrected chi connectivity index (χ3v) is 2.15. The Morgan fingerprint density at radius 3 is 1.75 bits per heavy atom. The molecule has 0 amide bonds. The zero-order valence-corrected chi connectivity index (χ0v) is 7.27. The number of halogens is 2. The van der Waals surface area contributed by atoms with Crippen molar-refractivity contribution in [1.29, 1.82) is 0 Å². The topological polar surface area (TPSA) is 30.7 Å². The van der Waals surface area contributed by atoms with Gasteiger partial charge in [-0.15, -0.1) is 10.2 Å². The van der Waals surface area contributed by atoms with Gasteiger partial charge in [-0.3, -0.25) is 4.57 Å². The van der Waals surface area contributed by atoms with Crippen LogP contribution in [0.1, 0.15) is 0 Å². The summed E-state index contributed by atoms with van der Waals surface area (Å²) in [6, 6.07) is 0. The zero-order valence-electron chi connectivity index (χ0n) is 4.10. The first-order chi connectivity index (χ1) is 3.72. The van der Waals surface area contributed by atoms with Crippen molar-refractivity contribution in [2.24, 2.45) is 7.05 Å². The molecule has 0 aliphatic heterocycles. The van der Waals surface area contributed by atoms with Gasteiger partial charge in [-0.1, -0.05) is 0 Å². The summed E-state index contributed by atoms with van der Waals surface area (Å²) >= 11 is 6.35. The van der Waals surface area contributed by atoms with Crippen LogP contribution < -0.4 is 0 Å². The second-order valence-corrected chi connectivity index (χ2v) is 2.72. The average molecular weight is 241 g/mol. The van der Waals surface area contributed by atoms with Crippen molar-refractivity contribution in [2.45, 2.75) is 0 Å². The summed E-state index contributed by atoms with van der Waals surface area (Å²) in [6.07, 6.45) is 0. The summed E-state index contributed by atoms with van der Waals surface area (Å²) in [4.78, 5) is 0. The molecule has 0 fully saturated rings. The highest BCUT2D eigenvalue weighted by Gasteiger charge is 1.98. The number of aromatic nitrogens is 3. The molecule has 0 N–H and O–H groups in total. The highest BCUT2D eigenvalue weighted by Crippen LogP contribution is 2.10. The molecule has 8 heavy (non-hydrogen) atoms. The van der Waals surface area contributed by atoms with Gasteiger partial charge in [-0.05, 0) is 31.9 Å². The smallest absolute Gasteiger partial charge is 0.200 e. The predicted octanol–water partition coefficient (Wildman–Crippen LogP) is 1.34. The van der Waals surface area contributed by atoms with Crippen LogP contribution >= 0.6 is 31.9 Å². The zero-order chi connectivity index (χ0) is 6.15. The second-order valence-electron chi connectivity index (χ2n) is 1.30. The lowest BCUT2D eigenvalue weighted by Crippen LogP contribution is -1.86. The molecule has 0 radical (unpaired) electrons. The summed E-state index contributed by atoms with van der Waals surface area (Å²) in [5.41, 5.74) is 0. The third-order valence-electron chi connectivity index (χ3n) is 0.769. The van der Waals surface area contributed by atoms with E-state index < -0.39 is 0 Å². The van der Waals surface area contributed by atoms with Crippen molar-refractivity contribution in [1.82, 2.24) is 14.8 Å². The number of hydrogen-bond donors (Lipinski definition) is 0. The first kappa shape index (κ1) is 6.22. The minimum absolute atomic E-state index is 0.726. The summed E-state index contributed by atoms with van der Waals surface area (Å²) in [5, 5.41) is 7.40. The van der Waals surface area contributed by atoms with Gasteiger partial charge in [0.05, 0.1) is 0 Å². The van der Waals surface area contributed by atoms with Crippen LogP contribution in [0.3, 0.4) is 0 Å². The molecule has 0 aromatic carbocycles. The molecular weight excluding hydrogens is 238 g/mol. The van der Waals surface area contributed by atoms with E-state index in [4.69, 9.17) is 0 Å². The maximum atomic E-state index is 3.70. The van der Waals surface area contributed by atoms with Gasteiger partial charge in [-0.25, -0.2) is 0 Å². The van der Waals surface area contributed by atoms with Crippen molar-refractivity contribution >= 4 is 31.9 Å². The van der Waals surface area contributed by atoms with Crippen molar-refractivity contribution in [3.63, 3.8) is 0 Å². The van der Waals surface area contributed by atoms with Crippen molar-refractivity contribution in [3.8, 4) is 0 Å². The Bertz CT molecular complexity index is 175. The lowest BCUT2D eigenvalue weighted by Gasteiger charge is -1.87. The van der Waals surface area contributed by atoms with Crippen LogP contribution in [0.2, 0.25) is 0 Å². The van der Waals surface area contributed by atoms with Gasteiger partial charge in [0.1, 0.15) is 0 Å². The molecule has 1 rings (SSSR count). The maximum absolute atomic E-state index is 3.70. The largest absolute Gasteiger partial charge is 0.299 e. The van der Waals surface area contributed by atoms with Crippen LogP contribution in [-0.4, -0.2) is 14.8 Å². The van der Waals surface area contributed by atoms with Gasteiger partial charge in [0, 0.05) is 7.05 Å². The highest BCUT2D eigenvalue weighted by molar-refractivity contribution is 9.11. The predicted molar refractivity (Wildman–Crippen MR) is 36.4 cm³/mol. The average Bonchev–Trinajstić information content (AvgIpc) is 1.98. The summed E-state index contributed by atoms with van der Waals surface area (Å²) in [6.45, 7) is 0. The molecule has 0 aliphatic rings. The standard InChI is InChI=1S/C3H3Br2N3/c1-8-2(4)6-7-3(8)5/h1H3. The molecule has 5 heteroatoms. The first-order valence-corrected chi connectivity index (χ1v) is 3.51. The van der Waals surface area contributed by atoms with E-state index in [1.807, 2.05) is 7.05 Å². The van der Waals surface area contributed by atoms with Crippen molar-refractivity contribution in [2.75, 3.05) is 0 Å². The van der Waals surface area contributed by atoms with Gasteiger partial charge in [0.25, 0.3) is 0 Å². The van der Waals surface area contributed by atoms with Crippen LogP contribution in [0.15, 0.2) is 9.47 Å². The normalized spacial score (nSPS) is 9.88. The van der Waals surface area contributed by atoms with Gasteiger partial charge in [0.2, 0.25) is 9.47 Å². The molecule has 3 nitrogen and oxygen atoms in total. The lowest BCUT2D eigenvalue weighted by atomic mass is 11.1. The minimum Gasteiger partial charge on any atom is -0.299 e. The van der Waals surface area contributed by atoms with E-state index in [1.165, 1.54) is 0 Å². The molecule has 0 atom stereocenters. The molecular formula is C3H3Br2N3. The van der Waals surface area contributed by atoms with E-state index in [-0.39, 0.29) is 0 Å². The Labute approximate surface area is 63.4 Å². The van der Waals surface area contributed by atoms with E-state index in [2.05, 4.69) is 42.1 Å². The monoisotopic (exact) mass is 239 g/mol. The summed E-state index contributed by atoms with van der Waals surface area (Å²) in [5.74, 6) is 0. The van der Waals surface area contributed by atoms with E-state index in [0.29, 0.717) is 0 Å². The fraction of sp³-hybridized carbons (Fsp3) is 0.333. The number of nitrogens with zero attached hydrogens (tertiary/aromatic N) is 3. The molecule has 44 valence electrons. The van der Waals surface area contributed by atoms with Gasteiger partial charge in [-0.2, -0.15) is 0 Å². The van der Waals surface area contributed by atoms with Crippen LogP contribution in [0.5, 0.6) is 0 Å². The Morgan fingerprint density at radius 1 is 1.25 bits per heavy atom. The van der Waals surface area contributed by atoms with Crippen molar-refractivity contribution < 1.29 is 0 Å². The molecule has 0 aliphatic carbocycles. The molecule has 1 heterocycles. The van der Waals surface area contributed by atoms with Crippen LogP contribution in [0, 0.1) is 0 Å². The van der Waals surface area contributed by atoms with E-state index in [1.54, 1.807) is 4.57 Å². The Morgan fingerprint density at radius 2 is 1.62 bits per heavy atom.